The van der Waals surface area contributed by atoms with Gasteiger partial charge in [0, 0.05) is 12.1 Å². The fraction of sp³-hybridized carbons (Fsp3) is 0.300. The normalized spacial score (nSPS) is 11.1. The molecule has 0 aliphatic heterocycles. The summed E-state index contributed by atoms with van der Waals surface area (Å²) in [6.07, 6.45) is 0. The van der Waals surface area contributed by atoms with E-state index >= 15 is 0 Å². The monoisotopic (exact) mass is 226 g/mol. The van der Waals surface area contributed by atoms with Crippen LogP contribution >= 0.6 is 11.6 Å². The first-order valence-electron chi connectivity index (χ1n) is 4.59. The summed E-state index contributed by atoms with van der Waals surface area (Å²) in [5.41, 5.74) is 1.47. The maximum atomic E-state index is 11.6. The highest BCUT2D eigenvalue weighted by molar-refractivity contribution is 6.31. The van der Waals surface area contributed by atoms with E-state index in [1.807, 2.05) is 0 Å². The number of hydrogen-bond acceptors (Lipinski definition) is 2. The largest absolute Gasteiger partial charge is 0.383 e. The highest BCUT2D eigenvalue weighted by Crippen LogP contribution is 2.16. The topological polar surface area (TPSA) is 47.0 Å². The molecule has 2 aromatic rings. The number of nitrogens with one attached hydrogen (secondary N) is 1. The number of nitrogens with zero attached hydrogens (tertiary/aromatic N) is 1. The molecule has 4 nitrogen and oxygen atoms in total. The summed E-state index contributed by atoms with van der Waals surface area (Å²) in [6.45, 7) is 1.02. The lowest BCUT2D eigenvalue weighted by Gasteiger charge is -2.01. The first-order valence-corrected chi connectivity index (χ1v) is 4.97. The molecule has 0 saturated carbocycles. The molecule has 1 heterocycles. The first-order chi connectivity index (χ1) is 7.22. The molecule has 15 heavy (non-hydrogen) atoms. The van der Waals surface area contributed by atoms with Crippen LogP contribution in [-0.2, 0) is 11.3 Å². The van der Waals surface area contributed by atoms with Crippen LogP contribution in [0, 0.1) is 0 Å². The van der Waals surface area contributed by atoms with Gasteiger partial charge in [-0.25, -0.2) is 4.79 Å². The van der Waals surface area contributed by atoms with E-state index in [1.165, 1.54) is 0 Å². The van der Waals surface area contributed by atoms with E-state index in [9.17, 15) is 4.79 Å². The van der Waals surface area contributed by atoms with Crippen molar-refractivity contribution in [3.05, 3.63) is 33.7 Å². The van der Waals surface area contributed by atoms with Crippen molar-refractivity contribution in [2.45, 2.75) is 6.54 Å². The fourth-order valence-electron chi connectivity index (χ4n) is 1.53. The van der Waals surface area contributed by atoms with Crippen molar-refractivity contribution in [2.75, 3.05) is 13.7 Å². The lowest BCUT2D eigenvalue weighted by Crippen LogP contribution is -2.19. The number of ether oxygens (including phenoxy) is 1. The van der Waals surface area contributed by atoms with Crippen LogP contribution in [0.15, 0.2) is 23.0 Å². The Morgan fingerprint density at radius 1 is 1.53 bits per heavy atom. The van der Waals surface area contributed by atoms with E-state index < -0.39 is 0 Å². The van der Waals surface area contributed by atoms with E-state index in [0.29, 0.717) is 18.2 Å². The zero-order chi connectivity index (χ0) is 10.8. The van der Waals surface area contributed by atoms with Crippen LogP contribution in [0.3, 0.4) is 0 Å². The number of rotatable bonds is 3. The van der Waals surface area contributed by atoms with Crippen LogP contribution in [-0.4, -0.2) is 23.3 Å². The number of aromatic amines is 1. The van der Waals surface area contributed by atoms with Gasteiger partial charge in [-0.3, -0.25) is 4.57 Å². The minimum atomic E-state index is -0.135. The molecule has 1 N–H and O–H groups in total. The van der Waals surface area contributed by atoms with Gasteiger partial charge in [0.05, 0.1) is 24.2 Å². The molecular formula is C10H11ClN2O2. The number of benzene rings is 1. The van der Waals surface area contributed by atoms with Crippen LogP contribution in [0.25, 0.3) is 11.0 Å². The maximum Gasteiger partial charge on any atom is 0.326 e. The van der Waals surface area contributed by atoms with Crippen molar-refractivity contribution >= 4 is 22.6 Å². The second-order valence-electron chi connectivity index (χ2n) is 3.24. The van der Waals surface area contributed by atoms with Gasteiger partial charge in [0.2, 0.25) is 0 Å². The second kappa shape index (κ2) is 4.08. The molecule has 0 atom stereocenters. The lowest BCUT2D eigenvalue weighted by atomic mass is 10.3. The average molecular weight is 227 g/mol. The number of halogens is 1. The zero-order valence-electron chi connectivity index (χ0n) is 8.29. The zero-order valence-corrected chi connectivity index (χ0v) is 9.04. The smallest absolute Gasteiger partial charge is 0.326 e. The fourth-order valence-corrected chi connectivity index (χ4v) is 1.70. The molecule has 0 spiro atoms. The number of aromatic nitrogens is 2. The minimum absolute atomic E-state index is 0.135. The van der Waals surface area contributed by atoms with Gasteiger partial charge in [0.25, 0.3) is 0 Å². The Hall–Kier alpha value is -1.26. The van der Waals surface area contributed by atoms with Crippen molar-refractivity contribution in [1.29, 1.82) is 0 Å². The third-order valence-electron chi connectivity index (χ3n) is 2.26. The summed E-state index contributed by atoms with van der Waals surface area (Å²) in [5, 5.41) is 0.618. The summed E-state index contributed by atoms with van der Waals surface area (Å²) < 4.78 is 6.56. The summed E-state index contributed by atoms with van der Waals surface area (Å²) in [6, 6.07) is 5.31. The molecule has 0 saturated heterocycles. The predicted octanol–water partition coefficient (Wildman–Crippen LogP) is 1.63. The third-order valence-corrected chi connectivity index (χ3v) is 2.49. The van der Waals surface area contributed by atoms with Gasteiger partial charge in [0.1, 0.15) is 0 Å². The molecule has 0 bridgehead atoms. The number of methoxy groups -OCH3 is 1. The first kappa shape index (κ1) is 10.3. The molecule has 0 fully saturated rings. The van der Waals surface area contributed by atoms with Crippen LogP contribution < -0.4 is 5.69 Å². The molecule has 0 aliphatic carbocycles. The summed E-state index contributed by atoms with van der Waals surface area (Å²) in [7, 11) is 1.60. The molecule has 1 aromatic carbocycles. The Bertz CT molecular complexity index is 530. The van der Waals surface area contributed by atoms with Crippen molar-refractivity contribution < 1.29 is 4.74 Å². The van der Waals surface area contributed by atoms with Gasteiger partial charge in [-0.05, 0) is 18.2 Å². The lowest BCUT2D eigenvalue weighted by molar-refractivity contribution is 0.187. The van der Waals surface area contributed by atoms with Crippen molar-refractivity contribution in [3.63, 3.8) is 0 Å². The van der Waals surface area contributed by atoms with E-state index in [0.717, 1.165) is 11.0 Å². The Kier molecular flexibility index (Phi) is 2.79. The third kappa shape index (κ3) is 1.91. The highest BCUT2D eigenvalue weighted by Gasteiger charge is 2.06. The Morgan fingerprint density at radius 2 is 2.33 bits per heavy atom. The maximum absolute atomic E-state index is 11.6. The Morgan fingerprint density at radius 3 is 3.07 bits per heavy atom. The second-order valence-corrected chi connectivity index (χ2v) is 3.67. The molecule has 0 radical (unpaired) electrons. The SMILES string of the molecule is COCCn1c(=O)[nH]c2ccc(Cl)cc21. The average Bonchev–Trinajstić information content (AvgIpc) is 2.51. The van der Waals surface area contributed by atoms with Gasteiger partial charge in [-0.1, -0.05) is 11.6 Å². The van der Waals surface area contributed by atoms with E-state index in [4.69, 9.17) is 16.3 Å². The number of imidazole rings is 1. The molecule has 2 rings (SSSR count). The summed E-state index contributed by atoms with van der Waals surface area (Å²) >= 11 is 5.87. The van der Waals surface area contributed by atoms with Crippen molar-refractivity contribution in [2.24, 2.45) is 0 Å². The van der Waals surface area contributed by atoms with E-state index in [2.05, 4.69) is 4.98 Å². The molecule has 80 valence electrons. The summed E-state index contributed by atoms with van der Waals surface area (Å²) in [4.78, 5) is 14.3. The quantitative estimate of drug-likeness (QED) is 0.865. The standard InChI is InChI=1S/C10H11ClN2O2/c1-15-5-4-13-9-6-7(11)2-3-8(9)12-10(13)14/h2-3,6H,4-5H2,1H3,(H,12,14). The van der Waals surface area contributed by atoms with Gasteiger partial charge < -0.3 is 9.72 Å². The van der Waals surface area contributed by atoms with Gasteiger partial charge >= 0.3 is 5.69 Å². The van der Waals surface area contributed by atoms with E-state index in [-0.39, 0.29) is 5.69 Å². The number of hydrogen-bond donors (Lipinski definition) is 1. The molecule has 1 aromatic heterocycles. The number of H-pyrrole nitrogens is 1. The predicted molar refractivity (Wildman–Crippen MR) is 59.4 cm³/mol. The van der Waals surface area contributed by atoms with Gasteiger partial charge in [-0.15, -0.1) is 0 Å². The van der Waals surface area contributed by atoms with Crippen molar-refractivity contribution in [1.82, 2.24) is 9.55 Å². The van der Waals surface area contributed by atoms with Gasteiger partial charge in [0.15, 0.2) is 0 Å². The summed E-state index contributed by atoms with van der Waals surface area (Å²) in [5.74, 6) is 0. The Labute approximate surface area is 91.4 Å². The van der Waals surface area contributed by atoms with Crippen LogP contribution in [0.5, 0.6) is 0 Å². The molecule has 0 amide bonds. The minimum Gasteiger partial charge on any atom is -0.383 e. The molecule has 5 heteroatoms. The van der Waals surface area contributed by atoms with E-state index in [1.54, 1.807) is 29.9 Å². The van der Waals surface area contributed by atoms with Crippen LogP contribution in [0.1, 0.15) is 0 Å². The molecule has 0 aliphatic rings. The van der Waals surface area contributed by atoms with Gasteiger partial charge in [-0.2, -0.15) is 0 Å². The molecule has 0 unspecified atom stereocenters. The highest BCUT2D eigenvalue weighted by atomic mass is 35.5. The Balaban J connectivity index is 2.55. The van der Waals surface area contributed by atoms with Crippen LogP contribution in [0.2, 0.25) is 5.02 Å². The molecular weight excluding hydrogens is 216 g/mol. The number of fused-ring (bicyclic) bond motifs is 1. The van der Waals surface area contributed by atoms with Crippen molar-refractivity contribution in [3.8, 4) is 0 Å². The van der Waals surface area contributed by atoms with Crippen LogP contribution in [0.4, 0.5) is 0 Å².